The molecule has 4 heterocycles. The highest BCUT2D eigenvalue weighted by Crippen LogP contribution is 2.36. The van der Waals surface area contributed by atoms with Crippen LogP contribution in [0, 0.1) is 5.41 Å². The molecule has 0 atom stereocenters. The van der Waals surface area contributed by atoms with Gasteiger partial charge in [-0.3, -0.25) is 19.4 Å². The van der Waals surface area contributed by atoms with E-state index in [9.17, 15) is 19.5 Å². The van der Waals surface area contributed by atoms with Crippen molar-refractivity contribution in [2.45, 2.75) is 26.7 Å². The fourth-order valence-electron chi connectivity index (χ4n) is 4.71. The number of carbonyl (C=O) groups excluding carboxylic acids is 2. The average molecular weight is 524 g/mol. The topological polar surface area (TPSA) is 123 Å². The molecule has 11 nitrogen and oxygen atoms in total. The Morgan fingerprint density at radius 2 is 1.86 bits per heavy atom. The van der Waals surface area contributed by atoms with E-state index in [0.717, 1.165) is 22.1 Å². The summed E-state index contributed by atoms with van der Waals surface area (Å²) in [5.41, 5.74) is 1.91. The van der Waals surface area contributed by atoms with Crippen LogP contribution in [-0.2, 0) is 4.79 Å². The SMILES string of the molecule is CCN1CN(C)CN(c2nc3cc(-c4cnc(N5CCC(C)(C(=O)O)CC5)nc4)cc(C=O)c3s2)C1=O. The van der Waals surface area contributed by atoms with Crippen LogP contribution in [0.5, 0.6) is 0 Å². The number of hydrogen-bond acceptors (Lipinski definition) is 9. The number of aromatic nitrogens is 3. The number of urea groups is 1. The Labute approximate surface area is 218 Å². The third kappa shape index (κ3) is 4.62. The minimum absolute atomic E-state index is 0.0992. The first-order valence-corrected chi connectivity index (χ1v) is 13.0. The van der Waals surface area contributed by atoms with Crippen molar-refractivity contribution >= 4 is 50.9 Å². The van der Waals surface area contributed by atoms with Crippen molar-refractivity contribution in [2.24, 2.45) is 5.41 Å². The number of carboxylic acids is 1. The molecular weight excluding hydrogens is 494 g/mol. The molecule has 0 unspecified atom stereocenters. The smallest absolute Gasteiger partial charge is 0.328 e. The number of benzene rings is 1. The minimum atomic E-state index is -0.769. The van der Waals surface area contributed by atoms with Gasteiger partial charge in [-0.2, -0.15) is 0 Å². The van der Waals surface area contributed by atoms with Gasteiger partial charge in [-0.25, -0.2) is 19.7 Å². The second kappa shape index (κ2) is 9.67. The summed E-state index contributed by atoms with van der Waals surface area (Å²) < 4.78 is 0.727. The quantitative estimate of drug-likeness (QED) is 0.484. The van der Waals surface area contributed by atoms with Gasteiger partial charge >= 0.3 is 12.0 Å². The third-order valence-electron chi connectivity index (χ3n) is 7.18. The van der Waals surface area contributed by atoms with E-state index >= 15 is 0 Å². The number of aliphatic carboxylic acids is 1. The molecule has 0 radical (unpaired) electrons. The molecule has 37 heavy (non-hydrogen) atoms. The number of nitrogens with zero attached hydrogens (tertiary/aromatic N) is 7. The van der Waals surface area contributed by atoms with E-state index < -0.39 is 11.4 Å². The first kappa shape index (κ1) is 25.0. The minimum Gasteiger partial charge on any atom is -0.481 e. The third-order valence-corrected chi connectivity index (χ3v) is 8.32. The maximum atomic E-state index is 12.9. The maximum absolute atomic E-state index is 12.9. The van der Waals surface area contributed by atoms with Crippen molar-refractivity contribution in [3.63, 3.8) is 0 Å². The maximum Gasteiger partial charge on any atom is 0.328 e. The van der Waals surface area contributed by atoms with Crippen LogP contribution in [-0.4, -0.2) is 88.2 Å². The van der Waals surface area contributed by atoms with Crippen molar-refractivity contribution < 1.29 is 19.5 Å². The molecule has 2 aliphatic rings. The summed E-state index contributed by atoms with van der Waals surface area (Å²) in [5.74, 6) is -0.216. The normalized spacial score (nSPS) is 18.5. The van der Waals surface area contributed by atoms with Crippen LogP contribution >= 0.6 is 11.3 Å². The second-order valence-corrected chi connectivity index (χ2v) is 10.8. The molecular formula is C25H29N7O4S. The molecule has 12 heteroatoms. The zero-order valence-electron chi connectivity index (χ0n) is 21.0. The summed E-state index contributed by atoms with van der Waals surface area (Å²) in [6.07, 6.45) is 5.28. The van der Waals surface area contributed by atoms with Crippen LogP contribution < -0.4 is 9.80 Å². The lowest BCUT2D eigenvalue weighted by molar-refractivity contribution is -0.149. The van der Waals surface area contributed by atoms with Gasteiger partial charge < -0.3 is 14.9 Å². The summed E-state index contributed by atoms with van der Waals surface area (Å²) in [6.45, 7) is 6.45. The molecule has 2 aliphatic heterocycles. The number of amides is 2. The number of fused-ring (bicyclic) bond motifs is 1. The fourth-order valence-corrected chi connectivity index (χ4v) is 5.72. The summed E-state index contributed by atoms with van der Waals surface area (Å²) in [5, 5.41) is 10.0. The van der Waals surface area contributed by atoms with Gasteiger partial charge in [-0.15, -0.1) is 0 Å². The van der Waals surface area contributed by atoms with Crippen LogP contribution in [0.2, 0.25) is 0 Å². The summed E-state index contributed by atoms with van der Waals surface area (Å²) in [7, 11) is 1.95. The number of aldehydes is 1. The summed E-state index contributed by atoms with van der Waals surface area (Å²) in [6, 6.07) is 3.57. The predicted octanol–water partition coefficient (Wildman–Crippen LogP) is 3.37. The van der Waals surface area contributed by atoms with E-state index in [-0.39, 0.29) is 6.03 Å². The highest BCUT2D eigenvalue weighted by atomic mass is 32.1. The molecule has 5 rings (SSSR count). The van der Waals surface area contributed by atoms with Crippen LogP contribution in [0.15, 0.2) is 24.5 Å². The Morgan fingerprint density at radius 3 is 2.49 bits per heavy atom. The summed E-state index contributed by atoms with van der Waals surface area (Å²) in [4.78, 5) is 57.6. The van der Waals surface area contributed by atoms with E-state index in [1.165, 1.54) is 11.3 Å². The molecule has 1 aromatic carbocycles. The number of carboxylic acid groups (broad SMARTS) is 1. The van der Waals surface area contributed by atoms with E-state index in [0.29, 0.717) is 68.0 Å². The van der Waals surface area contributed by atoms with Crippen molar-refractivity contribution in [3.8, 4) is 11.1 Å². The van der Waals surface area contributed by atoms with Gasteiger partial charge in [0.05, 0.1) is 29.0 Å². The molecule has 0 aliphatic carbocycles. The molecule has 0 saturated carbocycles. The molecule has 2 saturated heterocycles. The van der Waals surface area contributed by atoms with Gasteiger partial charge in [-0.05, 0) is 51.4 Å². The van der Waals surface area contributed by atoms with E-state index in [1.54, 1.807) is 35.2 Å². The Hall–Kier alpha value is -3.64. The van der Waals surface area contributed by atoms with Gasteiger partial charge in [0.25, 0.3) is 0 Å². The highest BCUT2D eigenvalue weighted by Gasteiger charge is 2.37. The first-order chi connectivity index (χ1) is 17.7. The lowest BCUT2D eigenvalue weighted by atomic mass is 9.80. The first-order valence-electron chi connectivity index (χ1n) is 12.2. The van der Waals surface area contributed by atoms with Crippen LogP contribution in [0.4, 0.5) is 15.9 Å². The molecule has 1 N–H and O–H groups in total. The predicted molar refractivity (Wildman–Crippen MR) is 141 cm³/mol. The lowest BCUT2D eigenvalue weighted by Gasteiger charge is -2.38. The Morgan fingerprint density at radius 1 is 1.16 bits per heavy atom. The second-order valence-electron chi connectivity index (χ2n) is 9.86. The largest absolute Gasteiger partial charge is 0.481 e. The Bertz CT molecular complexity index is 1350. The van der Waals surface area contributed by atoms with Crippen LogP contribution in [0.1, 0.15) is 37.0 Å². The highest BCUT2D eigenvalue weighted by molar-refractivity contribution is 7.22. The zero-order valence-corrected chi connectivity index (χ0v) is 21.9. The zero-order chi connectivity index (χ0) is 26.3. The van der Waals surface area contributed by atoms with Crippen molar-refractivity contribution in [2.75, 3.05) is 49.8 Å². The molecule has 194 valence electrons. The lowest BCUT2D eigenvalue weighted by Crippen LogP contribution is -2.56. The van der Waals surface area contributed by atoms with E-state index in [2.05, 4.69) is 9.97 Å². The number of carbonyl (C=O) groups is 3. The number of piperidine rings is 1. The van der Waals surface area contributed by atoms with Crippen molar-refractivity contribution in [1.82, 2.24) is 24.8 Å². The standard InChI is InChI=1S/C25H29N7O4S/c1-4-30-14-29(3)15-32(24(30)36)23-28-19-10-16(9-17(13-33)20(19)37-23)18-11-26-22(27-12-18)31-7-5-25(2,6-8-31)21(34)35/h9-13H,4-8,14-15H2,1-3H3,(H,34,35). The monoisotopic (exact) mass is 523 g/mol. The van der Waals surface area contributed by atoms with Crippen molar-refractivity contribution in [3.05, 3.63) is 30.1 Å². The fraction of sp³-hybridized carbons (Fsp3) is 0.440. The Kier molecular flexibility index (Phi) is 6.54. The van der Waals surface area contributed by atoms with Gasteiger partial charge in [0.2, 0.25) is 5.95 Å². The Balaban J connectivity index is 1.41. The molecule has 0 spiro atoms. The van der Waals surface area contributed by atoms with Crippen LogP contribution in [0.25, 0.3) is 21.3 Å². The van der Waals surface area contributed by atoms with Gasteiger partial charge in [0, 0.05) is 43.2 Å². The number of anilines is 2. The van der Waals surface area contributed by atoms with Crippen LogP contribution in [0.3, 0.4) is 0 Å². The van der Waals surface area contributed by atoms with E-state index in [4.69, 9.17) is 4.98 Å². The molecule has 2 fully saturated rings. The average Bonchev–Trinajstić information content (AvgIpc) is 3.34. The number of thiazole rings is 1. The molecule has 0 bridgehead atoms. The summed E-state index contributed by atoms with van der Waals surface area (Å²) >= 11 is 1.33. The van der Waals surface area contributed by atoms with Gasteiger partial charge in [0.1, 0.15) is 0 Å². The van der Waals surface area contributed by atoms with Gasteiger partial charge in [0.15, 0.2) is 11.4 Å². The number of hydrogen-bond donors (Lipinski definition) is 1. The molecule has 3 aromatic rings. The molecule has 2 aromatic heterocycles. The van der Waals surface area contributed by atoms with Crippen molar-refractivity contribution in [1.29, 1.82) is 0 Å². The van der Waals surface area contributed by atoms with E-state index in [1.807, 2.05) is 29.8 Å². The molecule has 2 amide bonds. The number of rotatable bonds is 6. The van der Waals surface area contributed by atoms with Gasteiger partial charge in [-0.1, -0.05) is 11.3 Å².